The van der Waals surface area contributed by atoms with Crippen LogP contribution in [0.3, 0.4) is 0 Å². The molecule has 2 heterocycles. The summed E-state index contributed by atoms with van der Waals surface area (Å²) in [5, 5.41) is 21.4. The predicted molar refractivity (Wildman–Crippen MR) is 95.4 cm³/mol. The molecule has 0 atom stereocenters. The van der Waals surface area contributed by atoms with Crippen molar-refractivity contribution in [3.8, 4) is 0 Å². The van der Waals surface area contributed by atoms with Crippen LogP contribution in [0.5, 0.6) is 0 Å². The van der Waals surface area contributed by atoms with Crippen LogP contribution in [-0.2, 0) is 22.7 Å². The van der Waals surface area contributed by atoms with Crippen LogP contribution in [0.1, 0.15) is 41.0 Å². The third-order valence-electron chi connectivity index (χ3n) is 4.55. The first-order valence-corrected chi connectivity index (χ1v) is 9.14. The molecule has 9 nitrogen and oxygen atoms in total. The number of nitrogens with one attached hydrogen (secondary N) is 1. The van der Waals surface area contributed by atoms with Crippen LogP contribution in [0.4, 0.5) is 26.3 Å². The first kappa shape index (κ1) is 27.2. The first-order chi connectivity index (χ1) is 14.5. The Hall–Kier alpha value is -2.84. The van der Waals surface area contributed by atoms with Gasteiger partial charge in [-0.3, -0.25) is 14.8 Å². The molecule has 3 rings (SSSR count). The number of H-pyrrole nitrogens is 1. The number of aromatic amines is 1. The second kappa shape index (κ2) is 10.7. The van der Waals surface area contributed by atoms with Gasteiger partial charge in [-0.05, 0) is 18.8 Å². The third kappa shape index (κ3) is 8.01. The zero-order valence-electron chi connectivity index (χ0n) is 17.0. The number of carbonyl (C=O) groups excluding carboxylic acids is 1. The van der Waals surface area contributed by atoms with Crippen molar-refractivity contribution < 1.29 is 50.9 Å². The number of alkyl halides is 6. The number of nitrogens with zero attached hydrogens (tertiary/aromatic N) is 3. The summed E-state index contributed by atoms with van der Waals surface area (Å²) < 4.78 is 63.5. The van der Waals surface area contributed by atoms with Crippen molar-refractivity contribution in [3.63, 3.8) is 0 Å². The van der Waals surface area contributed by atoms with Crippen LogP contribution in [0.2, 0.25) is 0 Å². The summed E-state index contributed by atoms with van der Waals surface area (Å²) in [6, 6.07) is 0. The van der Waals surface area contributed by atoms with Crippen LogP contribution in [0, 0.1) is 5.92 Å². The van der Waals surface area contributed by atoms with E-state index in [9.17, 15) is 31.1 Å². The molecule has 0 radical (unpaired) electrons. The fraction of sp³-hybridized carbons (Fsp3) is 0.647. The van der Waals surface area contributed by atoms with Gasteiger partial charge in [0, 0.05) is 39.3 Å². The molecule has 0 spiro atoms. The van der Waals surface area contributed by atoms with Gasteiger partial charge >= 0.3 is 24.3 Å². The molecule has 32 heavy (non-hydrogen) atoms. The van der Waals surface area contributed by atoms with E-state index in [0.717, 1.165) is 36.8 Å². The summed E-state index contributed by atoms with van der Waals surface area (Å²) in [6.45, 7) is 2.95. The van der Waals surface area contributed by atoms with E-state index in [2.05, 4.69) is 15.1 Å². The molecule has 1 amide bonds. The van der Waals surface area contributed by atoms with Crippen molar-refractivity contribution in [1.82, 2.24) is 20.0 Å². The normalized spacial score (nSPS) is 16.0. The van der Waals surface area contributed by atoms with E-state index >= 15 is 0 Å². The number of fused-ring (bicyclic) bond motifs is 1. The highest BCUT2D eigenvalue weighted by atomic mass is 19.4. The summed E-state index contributed by atoms with van der Waals surface area (Å²) in [7, 11) is 3.54. The maximum atomic E-state index is 12.0. The van der Waals surface area contributed by atoms with Gasteiger partial charge in [-0.2, -0.15) is 31.4 Å². The highest BCUT2D eigenvalue weighted by molar-refractivity contribution is 5.93. The van der Waals surface area contributed by atoms with E-state index in [0.29, 0.717) is 5.69 Å². The molecule has 2 aliphatic rings. The Morgan fingerprint density at radius 1 is 1.03 bits per heavy atom. The molecule has 0 unspecified atom stereocenters. The molecule has 1 aliphatic carbocycles. The molecular weight excluding hydrogens is 454 g/mol. The van der Waals surface area contributed by atoms with Crippen molar-refractivity contribution in [3.05, 3.63) is 17.0 Å². The largest absolute Gasteiger partial charge is 0.490 e. The van der Waals surface area contributed by atoms with Crippen molar-refractivity contribution in [1.29, 1.82) is 0 Å². The molecule has 0 bridgehead atoms. The van der Waals surface area contributed by atoms with Crippen LogP contribution in [0.25, 0.3) is 0 Å². The molecule has 1 aromatic heterocycles. The molecule has 15 heteroatoms. The Kier molecular flexibility index (Phi) is 9.05. The Bertz CT molecular complexity index is 793. The average Bonchev–Trinajstić information content (AvgIpc) is 3.16. The number of halogens is 6. The SMILES string of the molecule is CN(C)C(=O)c1n[nH]c2c1CN(CC1CCC1)C2.O=C(O)C(F)(F)F.O=C(O)C(F)(F)F. The van der Waals surface area contributed by atoms with Crippen molar-refractivity contribution in [2.24, 2.45) is 5.92 Å². The molecule has 0 saturated heterocycles. The number of carboxylic acid groups (broad SMARTS) is 2. The van der Waals surface area contributed by atoms with Crippen LogP contribution in [0.15, 0.2) is 0 Å². The number of amides is 1. The lowest BCUT2D eigenvalue weighted by atomic mass is 9.85. The summed E-state index contributed by atoms with van der Waals surface area (Å²) in [5.41, 5.74) is 2.83. The van der Waals surface area contributed by atoms with Gasteiger partial charge in [0.25, 0.3) is 5.91 Å². The van der Waals surface area contributed by atoms with Gasteiger partial charge in [0.2, 0.25) is 0 Å². The molecule has 1 aliphatic heterocycles. The summed E-state index contributed by atoms with van der Waals surface area (Å²) >= 11 is 0. The highest BCUT2D eigenvalue weighted by Crippen LogP contribution is 2.31. The molecule has 1 saturated carbocycles. The predicted octanol–water partition coefficient (Wildman–Crippen LogP) is 2.49. The van der Waals surface area contributed by atoms with Gasteiger partial charge in [-0.25, -0.2) is 9.59 Å². The van der Waals surface area contributed by atoms with E-state index in [1.54, 1.807) is 19.0 Å². The van der Waals surface area contributed by atoms with E-state index < -0.39 is 24.3 Å². The quantitative estimate of drug-likeness (QED) is 0.572. The van der Waals surface area contributed by atoms with Gasteiger partial charge in [-0.1, -0.05) is 6.42 Å². The van der Waals surface area contributed by atoms with Crippen molar-refractivity contribution >= 4 is 17.8 Å². The average molecular weight is 476 g/mol. The highest BCUT2D eigenvalue weighted by Gasteiger charge is 2.39. The number of hydrogen-bond donors (Lipinski definition) is 3. The minimum absolute atomic E-state index is 0.00186. The number of aromatic nitrogens is 2. The van der Waals surface area contributed by atoms with E-state index in [1.165, 1.54) is 19.3 Å². The van der Waals surface area contributed by atoms with Gasteiger partial charge in [0.05, 0.1) is 5.69 Å². The Morgan fingerprint density at radius 2 is 1.50 bits per heavy atom. The lowest BCUT2D eigenvalue weighted by Crippen LogP contribution is -2.29. The number of aliphatic carboxylic acids is 2. The van der Waals surface area contributed by atoms with Gasteiger partial charge in [0.1, 0.15) is 0 Å². The lowest BCUT2D eigenvalue weighted by molar-refractivity contribution is -0.193. The van der Waals surface area contributed by atoms with Crippen LogP contribution < -0.4 is 0 Å². The fourth-order valence-corrected chi connectivity index (χ4v) is 2.76. The molecule has 3 N–H and O–H groups in total. The smallest absolute Gasteiger partial charge is 0.475 e. The maximum Gasteiger partial charge on any atom is 0.490 e. The fourth-order valence-electron chi connectivity index (χ4n) is 2.76. The summed E-state index contributed by atoms with van der Waals surface area (Å²) in [5.74, 6) is -4.65. The monoisotopic (exact) mass is 476 g/mol. The molecule has 1 aromatic rings. The standard InChI is InChI=1S/C13H20N4O.2C2HF3O2/c1-16(2)13(18)12-10-7-17(6-9-4-3-5-9)8-11(10)14-15-12;2*3-2(4,5)1(6)7/h9H,3-8H2,1-2H3,(H,14,15);2*(H,6,7). The minimum atomic E-state index is -5.08. The Labute approximate surface area is 178 Å². The molecule has 182 valence electrons. The van der Waals surface area contributed by atoms with Gasteiger partial charge in [0.15, 0.2) is 5.69 Å². The second-order valence-corrected chi connectivity index (χ2v) is 7.30. The third-order valence-corrected chi connectivity index (χ3v) is 4.55. The van der Waals surface area contributed by atoms with E-state index in [4.69, 9.17) is 19.8 Å². The molecular formula is C17H22F6N4O5. The zero-order valence-corrected chi connectivity index (χ0v) is 17.0. The van der Waals surface area contributed by atoms with E-state index in [1.807, 2.05) is 0 Å². The minimum Gasteiger partial charge on any atom is -0.475 e. The van der Waals surface area contributed by atoms with Gasteiger partial charge in [-0.15, -0.1) is 0 Å². The van der Waals surface area contributed by atoms with Crippen LogP contribution in [-0.4, -0.2) is 81.0 Å². The number of carboxylic acids is 2. The Morgan fingerprint density at radius 3 is 1.84 bits per heavy atom. The topological polar surface area (TPSA) is 127 Å². The molecule has 1 fully saturated rings. The summed E-state index contributed by atoms with van der Waals surface area (Å²) in [4.78, 5) is 33.8. The second-order valence-electron chi connectivity index (χ2n) is 7.30. The number of hydrogen-bond acceptors (Lipinski definition) is 5. The zero-order chi connectivity index (χ0) is 24.9. The summed E-state index contributed by atoms with van der Waals surface area (Å²) in [6.07, 6.45) is -6.05. The Balaban J connectivity index is 0.000000305. The van der Waals surface area contributed by atoms with Gasteiger partial charge < -0.3 is 15.1 Å². The lowest BCUT2D eigenvalue weighted by Gasteiger charge is -2.29. The number of rotatable bonds is 3. The number of carbonyl (C=O) groups is 3. The molecule has 0 aromatic carbocycles. The van der Waals surface area contributed by atoms with Crippen molar-refractivity contribution in [2.45, 2.75) is 44.7 Å². The first-order valence-electron chi connectivity index (χ1n) is 9.14. The maximum absolute atomic E-state index is 12.0. The van der Waals surface area contributed by atoms with Crippen LogP contribution >= 0.6 is 0 Å². The van der Waals surface area contributed by atoms with E-state index in [-0.39, 0.29) is 5.91 Å². The van der Waals surface area contributed by atoms with Crippen molar-refractivity contribution in [2.75, 3.05) is 20.6 Å².